The highest BCUT2D eigenvalue weighted by atomic mass is 15.6. The number of hydrogen-bond donors (Lipinski definition) is 2. The van der Waals surface area contributed by atoms with Crippen molar-refractivity contribution < 1.29 is 0 Å². The number of rotatable bonds is 1. The quantitative estimate of drug-likeness (QED) is 0.498. The van der Waals surface area contributed by atoms with Crippen molar-refractivity contribution in [1.82, 2.24) is 15.8 Å². The molecule has 4 heteroatoms. The Labute approximate surface area is 60.3 Å². The van der Waals surface area contributed by atoms with Gasteiger partial charge in [0, 0.05) is 13.1 Å². The first kappa shape index (κ1) is 6.12. The summed E-state index contributed by atoms with van der Waals surface area (Å²) in [6, 6.07) is 0. The van der Waals surface area contributed by atoms with Gasteiger partial charge in [-0.1, -0.05) is 0 Å². The molecular weight excluding hydrogens is 128 g/mol. The molecule has 2 N–H and O–H groups in total. The second kappa shape index (κ2) is 2.56. The lowest BCUT2D eigenvalue weighted by molar-refractivity contribution is 0.175. The van der Waals surface area contributed by atoms with Gasteiger partial charge in [-0.2, -0.15) is 0 Å². The normalized spacial score (nSPS) is 33.0. The molecule has 10 heavy (non-hydrogen) atoms. The number of aliphatic imine (C=N–C) groups is 1. The van der Waals surface area contributed by atoms with Crippen LogP contribution in [0, 0.1) is 0 Å². The maximum Gasteiger partial charge on any atom is 0.113 e. The van der Waals surface area contributed by atoms with Crippen molar-refractivity contribution in [1.29, 1.82) is 0 Å². The Kier molecular flexibility index (Phi) is 1.56. The molecule has 4 nitrogen and oxygen atoms in total. The Morgan fingerprint density at radius 2 is 2.60 bits per heavy atom. The molecule has 0 saturated carbocycles. The summed E-state index contributed by atoms with van der Waals surface area (Å²) in [5, 5.41) is 5.39. The highest BCUT2D eigenvalue weighted by Gasteiger charge is 2.21. The van der Waals surface area contributed by atoms with Crippen molar-refractivity contribution in [3.05, 3.63) is 0 Å². The van der Waals surface area contributed by atoms with Gasteiger partial charge in [-0.05, 0) is 6.42 Å². The van der Waals surface area contributed by atoms with Crippen LogP contribution >= 0.6 is 0 Å². The predicted octanol–water partition coefficient (Wildman–Crippen LogP) is -0.846. The van der Waals surface area contributed by atoms with E-state index in [0.717, 1.165) is 19.6 Å². The van der Waals surface area contributed by atoms with Gasteiger partial charge in [0.2, 0.25) is 0 Å². The summed E-state index contributed by atoms with van der Waals surface area (Å²) in [5.74, 6) is 0. The maximum atomic E-state index is 4.09. The van der Waals surface area contributed by atoms with E-state index < -0.39 is 0 Å². The molecule has 1 atom stereocenters. The molecular formula is C6H12N4. The van der Waals surface area contributed by atoms with Crippen LogP contribution in [-0.4, -0.2) is 37.1 Å². The summed E-state index contributed by atoms with van der Waals surface area (Å²) in [6.07, 6.45) is 3.44. The summed E-state index contributed by atoms with van der Waals surface area (Å²) in [7, 11) is 0. The number of hydrogen-bond acceptors (Lipinski definition) is 4. The first-order valence-electron chi connectivity index (χ1n) is 3.71. The van der Waals surface area contributed by atoms with Crippen LogP contribution in [0.2, 0.25) is 0 Å². The highest BCUT2D eigenvalue weighted by molar-refractivity contribution is 5.57. The third-order valence-electron chi connectivity index (χ3n) is 1.90. The van der Waals surface area contributed by atoms with E-state index in [0.29, 0.717) is 6.17 Å². The molecule has 2 rings (SSSR count). The van der Waals surface area contributed by atoms with E-state index in [2.05, 4.69) is 20.7 Å². The number of hydrazine groups is 1. The van der Waals surface area contributed by atoms with E-state index in [-0.39, 0.29) is 0 Å². The third kappa shape index (κ3) is 0.998. The van der Waals surface area contributed by atoms with Crippen LogP contribution in [-0.2, 0) is 0 Å². The van der Waals surface area contributed by atoms with Crippen molar-refractivity contribution in [2.24, 2.45) is 4.99 Å². The van der Waals surface area contributed by atoms with Crippen LogP contribution < -0.4 is 10.7 Å². The van der Waals surface area contributed by atoms with Gasteiger partial charge in [0.15, 0.2) is 0 Å². The maximum absolute atomic E-state index is 4.09. The molecule has 0 aromatic heterocycles. The molecule has 2 aliphatic rings. The Morgan fingerprint density at radius 3 is 3.20 bits per heavy atom. The van der Waals surface area contributed by atoms with Crippen LogP contribution in [0.4, 0.5) is 0 Å². The van der Waals surface area contributed by atoms with Crippen molar-refractivity contribution >= 4 is 6.34 Å². The van der Waals surface area contributed by atoms with E-state index in [1.165, 1.54) is 6.42 Å². The minimum atomic E-state index is 0.405. The Bertz CT molecular complexity index is 131. The molecule has 1 fully saturated rings. The van der Waals surface area contributed by atoms with Crippen molar-refractivity contribution in [3.63, 3.8) is 0 Å². The average molecular weight is 140 g/mol. The van der Waals surface area contributed by atoms with Gasteiger partial charge in [-0.3, -0.25) is 10.4 Å². The van der Waals surface area contributed by atoms with E-state index in [9.17, 15) is 0 Å². The molecule has 0 bridgehead atoms. The minimum absolute atomic E-state index is 0.405. The SMILES string of the molecule is C1=NCC(N2CCCN2)N1. The Hall–Kier alpha value is -0.610. The van der Waals surface area contributed by atoms with Gasteiger partial charge in [0.05, 0.1) is 12.9 Å². The van der Waals surface area contributed by atoms with Crippen LogP contribution in [0.15, 0.2) is 4.99 Å². The topological polar surface area (TPSA) is 39.7 Å². The zero-order valence-electron chi connectivity index (χ0n) is 5.88. The Balaban J connectivity index is 1.87. The molecule has 0 spiro atoms. The standard InChI is InChI=1S/C6H12N4/c1-2-9-10(3-1)6-4-7-5-8-6/h5-6,9H,1-4H2,(H,7,8). The monoisotopic (exact) mass is 140 g/mol. The second-order valence-corrected chi connectivity index (χ2v) is 2.63. The summed E-state index contributed by atoms with van der Waals surface area (Å²) in [4.78, 5) is 4.09. The zero-order chi connectivity index (χ0) is 6.81. The molecule has 0 aromatic rings. The van der Waals surface area contributed by atoms with Gasteiger partial charge >= 0.3 is 0 Å². The van der Waals surface area contributed by atoms with E-state index in [1.54, 1.807) is 6.34 Å². The molecule has 56 valence electrons. The van der Waals surface area contributed by atoms with Gasteiger partial charge in [0.25, 0.3) is 0 Å². The molecule has 2 heterocycles. The largest absolute Gasteiger partial charge is 0.358 e. The summed E-state index contributed by atoms with van der Waals surface area (Å²) >= 11 is 0. The van der Waals surface area contributed by atoms with E-state index in [4.69, 9.17) is 0 Å². The zero-order valence-corrected chi connectivity index (χ0v) is 5.88. The van der Waals surface area contributed by atoms with E-state index >= 15 is 0 Å². The second-order valence-electron chi connectivity index (χ2n) is 2.63. The first-order valence-corrected chi connectivity index (χ1v) is 3.71. The molecule has 0 radical (unpaired) electrons. The smallest absolute Gasteiger partial charge is 0.113 e. The lowest BCUT2D eigenvalue weighted by atomic mass is 10.4. The van der Waals surface area contributed by atoms with Crippen molar-refractivity contribution in [2.75, 3.05) is 19.6 Å². The summed E-state index contributed by atoms with van der Waals surface area (Å²) in [5.41, 5.74) is 3.29. The first-order chi connectivity index (χ1) is 4.97. The van der Waals surface area contributed by atoms with Gasteiger partial charge in [0.1, 0.15) is 6.17 Å². The van der Waals surface area contributed by atoms with Crippen molar-refractivity contribution in [2.45, 2.75) is 12.6 Å². The fourth-order valence-electron chi connectivity index (χ4n) is 1.35. The third-order valence-corrected chi connectivity index (χ3v) is 1.90. The Morgan fingerprint density at radius 1 is 1.60 bits per heavy atom. The van der Waals surface area contributed by atoms with Crippen LogP contribution in [0.3, 0.4) is 0 Å². The number of nitrogens with one attached hydrogen (secondary N) is 2. The van der Waals surface area contributed by atoms with Crippen molar-refractivity contribution in [3.8, 4) is 0 Å². The van der Waals surface area contributed by atoms with Gasteiger partial charge in [-0.25, -0.2) is 5.01 Å². The molecule has 1 unspecified atom stereocenters. The fraction of sp³-hybridized carbons (Fsp3) is 0.833. The minimum Gasteiger partial charge on any atom is -0.358 e. The highest BCUT2D eigenvalue weighted by Crippen LogP contribution is 2.02. The molecule has 2 aliphatic heterocycles. The van der Waals surface area contributed by atoms with Crippen LogP contribution in [0.1, 0.15) is 6.42 Å². The fourth-order valence-corrected chi connectivity index (χ4v) is 1.35. The van der Waals surface area contributed by atoms with Gasteiger partial charge < -0.3 is 5.32 Å². The summed E-state index contributed by atoms with van der Waals surface area (Å²) < 4.78 is 0. The lowest BCUT2D eigenvalue weighted by Gasteiger charge is -2.22. The lowest BCUT2D eigenvalue weighted by Crippen LogP contribution is -2.47. The molecule has 0 aromatic carbocycles. The molecule has 0 aliphatic carbocycles. The predicted molar refractivity (Wildman–Crippen MR) is 39.6 cm³/mol. The van der Waals surface area contributed by atoms with E-state index in [1.807, 2.05) is 0 Å². The molecule has 0 amide bonds. The van der Waals surface area contributed by atoms with Crippen LogP contribution in [0.5, 0.6) is 0 Å². The van der Waals surface area contributed by atoms with Gasteiger partial charge in [-0.15, -0.1) is 0 Å². The molecule has 1 saturated heterocycles. The summed E-state index contributed by atoms with van der Waals surface area (Å²) in [6.45, 7) is 3.13. The van der Waals surface area contributed by atoms with Crippen LogP contribution in [0.25, 0.3) is 0 Å². The number of nitrogens with zero attached hydrogens (tertiary/aromatic N) is 2. The average Bonchev–Trinajstić information content (AvgIpc) is 2.59.